The lowest BCUT2D eigenvalue weighted by Crippen LogP contribution is -2.46. The number of halogens is 5. The number of carbonyl (C=O) groups is 1. The number of hydrogen-bond donors (Lipinski definition) is 3. The highest BCUT2D eigenvalue weighted by Gasteiger charge is 2.36. The zero-order valence-corrected chi connectivity index (χ0v) is 17.4. The summed E-state index contributed by atoms with van der Waals surface area (Å²) in [6, 6.07) is 4.85. The number of aliphatic hydroxyl groups is 1. The minimum atomic E-state index is -4.83. The minimum absolute atomic E-state index is 0.0853. The largest absolute Gasteiger partial charge is 0.490 e. The number of alkyl halides is 3. The van der Waals surface area contributed by atoms with Gasteiger partial charge in [0.15, 0.2) is 6.10 Å². The molecule has 11 heteroatoms. The van der Waals surface area contributed by atoms with Gasteiger partial charge in [0, 0.05) is 41.5 Å². The van der Waals surface area contributed by atoms with Crippen molar-refractivity contribution in [3.8, 4) is 5.75 Å². The predicted octanol–water partition coefficient (Wildman–Crippen LogP) is 4.35. The van der Waals surface area contributed by atoms with Gasteiger partial charge in [-0.3, -0.25) is 4.98 Å². The van der Waals surface area contributed by atoms with Crippen molar-refractivity contribution in [3.63, 3.8) is 0 Å². The van der Waals surface area contributed by atoms with Gasteiger partial charge in [-0.25, -0.2) is 13.6 Å². The first kappa shape index (κ1) is 23.8. The molecule has 180 valence electrons. The van der Waals surface area contributed by atoms with Crippen LogP contribution in [0.15, 0.2) is 42.7 Å². The van der Waals surface area contributed by atoms with Gasteiger partial charge in [0.2, 0.25) is 0 Å². The van der Waals surface area contributed by atoms with Crippen LogP contribution < -0.4 is 10.1 Å². The van der Waals surface area contributed by atoms with Crippen molar-refractivity contribution in [2.45, 2.75) is 43.8 Å². The van der Waals surface area contributed by atoms with E-state index in [0.29, 0.717) is 35.7 Å². The van der Waals surface area contributed by atoms with Crippen LogP contribution in [0.3, 0.4) is 0 Å². The Hall–Kier alpha value is -3.31. The summed E-state index contributed by atoms with van der Waals surface area (Å²) in [5, 5.41) is 22.8. The van der Waals surface area contributed by atoms with Crippen LogP contribution in [0.4, 0.5) is 22.0 Å². The fraction of sp³-hybridized carbons (Fsp3) is 0.304. The first-order chi connectivity index (χ1) is 16.0. The second-order valence-electron chi connectivity index (χ2n) is 8.02. The van der Waals surface area contributed by atoms with Crippen molar-refractivity contribution in [2.75, 3.05) is 0 Å². The van der Waals surface area contributed by atoms with Crippen molar-refractivity contribution in [1.82, 2.24) is 10.3 Å². The molecular weight excluding hydrogens is 463 g/mol. The molecule has 0 saturated heterocycles. The molecule has 3 aromatic rings. The highest BCUT2D eigenvalue weighted by atomic mass is 19.4. The average molecular weight is 482 g/mol. The quantitative estimate of drug-likeness (QED) is 0.434. The summed E-state index contributed by atoms with van der Waals surface area (Å²) in [6.45, 7) is 0.0853. The highest BCUT2D eigenvalue weighted by molar-refractivity contribution is 5.91. The zero-order chi connectivity index (χ0) is 24.6. The molecule has 2 aromatic carbocycles. The number of carboxylic acid groups (broad SMARTS) is 1. The van der Waals surface area contributed by atoms with Crippen molar-refractivity contribution in [3.05, 3.63) is 71.1 Å². The molecule has 1 aliphatic carbocycles. The number of aliphatic carboxylic acids is 1. The van der Waals surface area contributed by atoms with Crippen LogP contribution in [-0.2, 0) is 17.5 Å². The topological polar surface area (TPSA) is 91.7 Å². The lowest BCUT2D eigenvalue weighted by Gasteiger charge is -2.36. The SMILES string of the molecule is O=C(O)C(O)c1cc(F)c(CN[C@H]2C[C@H](Oc3ccc(F)c(C(F)(F)F)c3)C2)c2ccncc12. The molecule has 1 heterocycles. The van der Waals surface area contributed by atoms with Crippen LogP contribution in [0.2, 0.25) is 0 Å². The van der Waals surface area contributed by atoms with E-state index < -0.39 is 35.4 Å². The van der Waals surface area contributed by atoms with Gasteiger partial charge < -0.3 is 20.3 Å². The first-order valence-electron chi connectivity index (χ1n) is 10.3. The summed E-state index contributed by atoms with van der Waals surface area (Å²) in [5.74, 6) is -3.67. The van der Waals surface area contributed by atoms with Gasteiger partial charge in [0.1, 0.15) is 23.5 Å². The van der Waals surface area contributed by atoms with Gasteiger partial charge in [-0.1, -0.05) is 0 Å². The summed E-state index contributed by atoms with van der Waals surface area (Å²) >= 11 is 0. The third-order valence-electron chi connectivity index (χ3n) is 5.76. The number of fused-ring (bicyclic) bond motifs is 1. The van der Waals surface area contributed by atoms with E-state index in [1.54, 1.807) is 0 Å². The van der Waals surface area contributed by atoms with E-state index in [-0.39, 0.29) is 35.6 Å². The number of nitrogens with one attached hydrogen (secondary N) is 1. The number of benzene rings is 2. The summed E-state index contributed by atoms with van der Waals surface area (Å²) < 4.78 is 72.3. The smallest absolute Gasteiger partial charge is 0.419 e. The number of aromatic nitrogens is 1. The van der Waals surface area contributed by atoms with Gasteiger partial charge in [0.05, 0.1) is 5.56 Å². The van der Waals surface area contributed by atoms with Crippen LogP contribution in [0.1, 0.15) is 35.6 Å². The molecule has 4 rings (SSSR count). The van der Waals surface area contributed by atoms with Gasteiger partial charge >= 0.3 is 12.1 Å². The summed E-state index contributed by atoms with van der Waals surface area (Å²) in [5.41, 5.74) is -1.24. The molecule has 1 saturated carbocycles. The third-order valence-corrected chi connectivity index (χ3v) is 5.76. The standard InChI is InChI=1S/C23H19F5N2O4/c24-19-2-1-12(7-18(19)23(26,27)28)34-13-5-11(6-13)30-10-17-14-3-4-29-9-16(14)15(8-20(17)25)21(31)22(32)33/h1-4,7-9,11,13,21,30-31H,5-6,10H2,(H,32,33)/t11-,13-,21?. The Bertz CT molecular complexity index is 1230. The lowest BCUT2D eigenvalue weighted by molar-refractivity contribution is -0.147. The Balaban J connectivity index is 1.41. The van der Waals surface area contributed by atoms with E-state index in [2.05, 4.69) is 10.3 Å². The van der Waals surface area contributed by atoms with Crippen molar-refractivity contribution >= 4 is 16.7 Å². The molecule has 1 atom stereocenters. The Morgan fingerprint density at radius 3 is 2.56 bits per heavy atom. The number of nitrogens with zero attached hydrogens (tertiary/aromatic N) is 1. The number of hydrogen-bond acceptors (Lipinski definition) is 5. The molecule has 1 unspecified atom stereocenters. The van der Waals surface area contributed by atoms with E-state index in [9.17, 15) is 31.9 Å². The molecule has 0 radical (unpaired) electrons. The Morgan fingerprint density at radius 1 is 1.15 bits per heavy atom. The highest BCUT2D eigenvalue weighted by Crippen LogP contribution is 2.35. The maximum absolute atomic E-state index is 14.8. The lowest BCUT2D eigenvalue weighted by atomic mass is 9.88. The molecule has 1 aromatic heterocycles. The monoisotopic (exact) mass is 482 g/mol. The third kappa shape index (κ3) is 4.80. The van der Waals surface area contributed by atoms with Crippen LogP contribution in [0.5, 0.6) is 5.75 Å². The maximum Gasteiger partial charge on any atom is 0.419 e. The average Bonchev–Trinajstić information content (AvgIpc) is 2.75. The van der Waals surface area contributed by atoms with E-state index in [1.807, 2.05) is 0 Å². The molecule has 1 fully saturated rings. The van der Waals surface area contributed by atoms with Crippen molar-refractivity contribution in [1.29, 1.82) is 0 Å². The van der Waals surface area contributed by atoms with E-state index in [0.717, 1.165) is 12.1 Å². The van der Waals surface area contributed by atoms with Crippen LogP contribution >= 0.6 is 0 Å². The second-order valence-corrected chi connectivity index (χ2v) is 8.02. The molecule has 0 bridgehead atoms. The van der Waals surface area contributed by atoms with Gasteiger partial charge in [0.25, 0.3) is 0 Å². The Morgan fingerprint density at radius 2 is 1.88 bits per heavy atom. The van der Waals surface area contributed by atoms with Gasteiger partial charge in [-0.2, -0.15) is 13.2 Å². The summed E-state index contributed by atoms with van der Waals surface area (Å²) in [6.07, 6.45) is -3.46. The van der Waals surface area contributed by atoms with Crippen molar-refractivity contribution in [2.24, 2.45) is 0 Å². The molecule has 0 amide bonds. The number of ether oxygens (including phenoxy) is 1. The summed E-state index contributed by atoms with van der Waals surface area (Å²) in [7, 11) is 0. The number of pyridine rings is 1. The van der Waals surface area contributed by atoms with E-state index >= 15 is 0 Å². The summed E-state index contributed by atoms with van der Waals surface area (Å²) in [4.78, 5) is 15.1. The van der Waals surface area contributed by atoms with E-state index in [4.69, 9.17) is 9.84 Å². The first-order valence-corrected chi connectivity index (χ1v) is 10.3. The molecule has 0 aliphatic heterocycles. The zero-order valence-electron chi connectivity index (χ0n) is 17.4. The fourth-order valence-electron chi connectivity index (χ4n) is 3.92. The van der Waals surface area contributed by atoms with Crippen LogP contribution in [0.25, 0.3) is 10.8 Å². The number of rotatable bonds is 7. The van der Waals surface area contributed by atoms with Gasteiger partial charge in [-0.05, 0) is 48.6 Å². The predicted molar refractivity (Wildman–Crippen MR) is 110 cm³/mol. The minimum Gasteiger partial charge on any atom is -0.490 e. The molecule has 1 aliphatic rings. The molecule has 6 nitrogen and oxygen atoms in total. The fourth-order valence-corrected chi connectivity index (χ4v) is 3.92. The number of carboxylic acids is 1. The Labute approximate surface area is 190 Å². The van der Waals surface area contributed by atoms with Crippen LogP contribution in [0, 0.1) is 11.6 Å². The molecule has 34 heavy (non-hydrogen) atoms. The molecular formula is C23H19F5N2O4. The maximum atomic E-state index is 14.8. The normalized spacial score (nSPS) is 19.0. The van der Waals surface area contributed by atoms with Crippen LogP contribution in [-0.4, -0.2) is 33.3 Å². The van der Waals surface area contributed by atoms with Crippen molar-refractivity contribution < 1.29 is 41.7 Å². The number of aliphatic hydroxyl groups excluding tert-OH is 1. The molecule has 3 N–H and O–H groups in total. The van der Waals surface area contributed by atoms with E-state index in [1.165, 1.54) is 18.5 Å². The second kappa shape index (κ2) is 9.15. The Kier molecular flexibility index (Phi) is 6.41. The molecule has 0 spiro atoms. The van der Waals surface area contributed by atoms with Gasteiger partial charge in [-0.15, -0.1) is 0 Å².